The molecule has 6 heteroatoms. The summed E-state index contributed by atoms with van der Waals surface area (Å²) in [5, 5.41) is 4.21. The molecule has 1 unspecified atom stereocenters. The summed E-state index contributed by atoms with van der Waals surface area (Å²) < 4.78 is 5.02. The molecule has 118 valence electrons. The molecule has 1 aliphatic heterocycles. The first-order chi connectivity index (χ1) is 10.1. The van der Waals surface area contributed by atoms with Crippen molar-refractivity contribution in [1.82, 2.24) is 9.88 Å². The van der Waals surface area contributed by atoms with E-state index >= 15 is 0 Å². The fourth-order valence-electron chi connectivity index (χ4n) is 2.63. The SMILES string of the molecule is CCOC(=O)c1nc(NC(C)CN2CCCCC2)sc1C. The lowest BCUT2D eigenvalue weighted by Crippen LogP contribution is -2.38. The molecule has 0 radical (unpaired) electrons. The van der Waals surface area contributed by atoms with E-state index < -0.39 is 0 Å². The van der Waals surface area contributed by atoms with Gasteiger partial charge in [-0.15, -0.1) is 11.3 Å². The van der Waals surface area contributed by atoms with E-state index in [1.165, 1.54) is 43.7 Å². The van der Waals surface area contributed by atoms with Crippen LogP contribution in [0.3, 0.4) is 0 Å². The summed E-state index contributed by atoms with van der Waals surface area (Å²) in [4.78, 5) is 19.5. The number of thiazole rings is 1. The van der Waals surface area contributed by atoms with Crippen LogP contribution >= 0.6 is 11.3 Å². The van der Waals surface area contributed by atoms with Gasteiger partial charge in [0.2, 0.25) is 0 Å². The van der Waals surface area contributed by atoms with Gasteiger partial charge in [-0.05, 0) is 46.7 Å². The molecule has 1 atom stereocenters. The van der Waals surface area contributed by atoms with E-state index in [1.807, 2.05) is 6.92 Å². The van der Waals surface area contributed by atoms with Gasteiger partial charge in [-0.2, -0.15) is 0 Å². The van der Waals surface area contributed by atoms with Crippen LogP contribution in [0.4, 0.5) is 5.13 Å². The second-order valence-electron chi connectivity index (χ2n) is 5.55. The maximum atomic E-state index is 11.8. The van der Waals surface area contributed by atoms with Crippen molar-refractivity contribution in [2.24, 2.45) is 0 Å². The Bertz CT molecular complexity index is 469. The van der Waals surface area contributed by atoms with Crippen LogP contribution in [0.15, 0.2) is 0 Å². The van der Waals surface area contributed by atoms with E-state index in [0.717, 1.165) is 16.6 Å². The topological polar surface area (TPSA) is 54.5 Å². The zero-order valence-electron chi connectivity index (χ0n) is 13.1. The zero-order valence-corrected chi connectivity index (χ0v) is 14.0. The van der Waals surface area contributed by atoms with Gasteiger partial charge in [-0.25, -0.2) is 9.78 Å². The van der Waals surface area contributed by atoms with Gasteiger partial charge in [0.25, 0.3) is 0 Å². The van der Waals surface area contributed by atoms with Crippen molar-refractivity contribution in [3.05, 3.63) is 10.6 Å². The van der Waals surface area contributed by atoms with Gasteiger partial charge >= 0.3 is 5.97 Å². The number of rotatable bonds is 6. The Morgan fingerprint density at radius 3 is 2.81 bits per heavy atom. The molecule has 1 fully saturated rings. The van der Waals surface area contributed by atoms with Gasteiger partial charge in [-0.3, -0.25) is 0 Å². The standard InChI is InChI=1S/C15H25N3O2S/c1-4-20-14(19)13-12(3)21-15(17-13)16-11(2)10-18-8-6-5-7-9-18/h11H,4-10H2,1-3H3,(H,16,17). The Morgan fingerprint density at radius 1 is 1.43 bits per heavy atom. The van der Waals surface area contributed by atoms with Crippen molar-refractivity contribution < 1.29 is 9.53 Å². The monoisotopic (exact) mass is 311 g/mol. The minimum Gasteiger partial charge on any atom is -0.461 e. The van der Waals surface area contributed by atoms with Crippen molar-refractivity contribution in [3.63, 3.8) is 0 Å². The molecule has 1 aromatic rings. The molecule has 1 N–H and O–H groups in total. The van der Waals surface area contributed by atoms with Gasteiger partial charge in [0.1, 0.15) is 0 Å². The van der Waals surface area contributed by atoms with Crippen molar-refractivity contribution in [1.29, 1.82) is 0 Å². The number of nitrogens with one attached hydrogen (secondary N) is 1. The fraction of sp³-hybridized carbons (Fsp3) is 0.733. The number of ether oxygens (including phenoxy) is 1. The van der Waals surface area contributed by atoms with Gasteiger partial charge in [0, 0.05) is 17.5 Å². The molecule has 2 heterocycles. The minimum absolute atomic E-state index is 0.323. The number of piperidine rings is 1. The first-order valence-corrected chi connectivity index (χ1v) is 8.55. The summed E-state index contributed by atoms with van der Waals surface area (Å²) in [6.45, 7) is 9.66. The highest BCUT2D eigenvalue weighted by atomic mass is 32.1. The summed E-state index contributed by atoms with van der Waals surface area (Å²) in [7, 11) is 0. The molecule has 0 bridgehead atoms. The molecule has 1 aliphatic rings. The van der Waals surface area contributed by atoms with Gasteiger partial charge in [0.05, 0.1) is 6.61 Å². The van der Waals surface area contributed by atoms with E-state index in [-0.39, 0.29) is 5.97 Å². The molecular formula is C15H25N3O2S. The van der Waals surface area contributed by atoms with E-state index in [9.17, 15) is 4.79 Å². The average Bonchev–Trinajstić information content (AvgIpc) is 2.80. The number of anilines is 1. The quantitative estimate of drug-likeness (QED) is 0.819. The first kappa shape index (κ1) is 16.2. The number of nitrogens with zero attached hydrogens (tertiary/aromatic N) is 2. The summed E-state index contributed by atoms with van der Waals surface area (Å²) in [6, 6.07) is 0.323. The predicted octanol–water partition coefficient (Wildman–Crippen LogP) is 2.91. The molecule has 0 spiro atoms. The number of hydrogen-bond donors (Lipinski definition) is 1. The largest absolute Gasteiger partial charge is 0.461 e. The number of esters is 1. The molecule has 1 saturated heterocycles. The molecule has 5 nitrogen and oxygen atoms in total. The van der Waals surface area contributed by atoms with Crippen LogP contribution in [0.2, 0.25) is 0 Å². The van der Waals surface area contributed by atoms with E-state index in [0.29, 0.717) is 18.3 Å². The number of aromatic nitrogens is 1. The zero-order chi connectivity index (χ0) is 15.2. The van der Waals surface area contributed by atoms with E-state index in [4.69, 9.17) is 4.74 Å². The summed E-state index contributed by atoms with van der Waals surface area (Å²) in [6.07, 6.45) is 3.96. The normalized spacial score (nSPS) is 17.5. The summed E-state index contributed by atoms with van der Waals surface area (Å²) >= 11 is 1.52. The van der Waals surface area contributed by atoms with Crippen LogP contribution < -0.4 is 5.32 Å². The van der Waals surface area contributed by atoms with Crippen LogP contribution in [0.1, 0.15) is 48.5 Å². The molecular weight excluding hydrogens is 286 g/mol. The molecule has 0 amide bonds. The Labute approximate surface area is 130 Å². The van der Waals surface area contributed by atoms with Crippen molar-refractivity contribution in [2.75, 3.05) is 31.6 Å². The first-order valence-electron chi connectivity index (χ1n) is 7.73. The Morgan fingerprint density at radius 2 is 2.14 bits per heavy atom. The molecule has 21 heavy (non-hydrogen) atoms. The number of hydrogen-bond acceptors (Lipinski definition) is 6. The van der Waals surface area contributed by atoms with Crippen molar-refractivity contribution in [2.45, 2.75) is 46.1 Å². The highest BCUT2D eigenvalue weighted by Gasteiger charge is 2.18. The molecule has 2 rings (SSSR count). The number of carbonyl (C=O) groups excluding carboxylic acids is 1. The third-order valence-corrected chi connectivity index (χ3v) is 4.52. The smallest absolute Gasteiger partial charge is 0.358 e. The molecule has 1 aromatic heterocycles. The fourth-order valence-corrected chi connectivity index (χ4v) is 3.55. The summed E-state index contributed by atoms with van der Waals surface area (Å²) in [5.74, 6) is -0.331. The minimum atomic E-state index is -0.331. The maximum Gasteiger partial charge on any atom is 0.358 e. The van der Waals surface area contributed by atoms with Crippen LogP contribution in [-0.4, -0.2) is 48.1 Å². The number of aryl methyl sites for hydroxylation is 1. The summed E-state index contributed by atoms with van der Waals surface area (Å²) in [5.41, 5.74) is 0.439. The van der Waals surface area contributed by atoms with Crippen LogP contribution in [0, 0.1) is 6.92 Å². The number of carbonyl (C=O) groups is 1. The van der Waals surface area contributed by atoms with Crippen LogP contribution in [0.5, 0.6) is 0 Å². The van der Waals surface area contributed by atoms with Gasteiger partial charge in [-0.1, -0.05) is 6.42 Å². The predicted molar refractivity (Wildman–Crippen MR) is 86.2 cm³/mol. The van der Waals surface area contributed by atoms with Crippen LogP contribution in [0.25, 0.3) is 0 Å². The third kappa shape index (κ3) is 4.68. The Balaban J connectivity index is 1.89. The van der Waals surface area contributed by atoms with Gasteiger partial charge in [0.15, 0.2) is 10.8 Å². The van der Waals surface area contributed by atoms with E-state index in [1.54, 1.807) is 6.92 Å². The second-order valence-corrected chi connectivity index (χ2v) is 6.75. The highest BCUT2D eigenvalue weighted by molar-refractivity contribution is 7.15. The lowest BCUT2D eigenvalue weighted by atomic mass is 10.1. The van der Waals surface area contributed by atoms with E-state index in [2.05, 4.69) is 22.1 Å². The molecule has 0 saturated carbocycles. The second kappa shape index (κ2) is 7.75. The Kier molecular flexibility index (Phi) is 5.99. The van der Waals surface area contributed by atoms with Crippen LogP contribution in [-0.2, 0) is 4.74 Å². The lowest BCUT2D eigenvalue weighted by Gasteiger charge is -2.29. The highest BCUT2D eigenvalue weighted by Crippen LogP contribution is 2.23. The number of likely N-dealkylation sites (tertiary alicyclic amines) is 1. The molecule has 0 aromatic carbocycles. The molecule has 0 aliphatic carbocycles. The van der Waals surface area contributed by atoms with Gasteiger partial charge < -0.3 is 15.0 Å². The van der Waals surface area contributed by atoms with Crippen molar-refractivity contribution >= 4 is 22.4 Å². The average molecular weight is 311 g/mol. The van der Waals surface area contributed by atoms with Crippen molar-refractivity contribution in [3.8, 4) is 0 Å². The Hall–Kier alpha value is -1.14. The lowest BCUT2D eigenvalue weighted by molar-refractivity contribution is 0.0519. The third-order valence-electron chi connectivity index (χ3n) is 3.62. The maximum absolute atomic E-state index is 11.8.